The van der Waals surface area contributed by atoms with Gasteiger partial charge in [0, 0.05) is 37.4 Å². The van der Waals surface area contributed by atoms with Crippen molar-refractivity contribution >= 4 is 0 Å². The summed E-state index contributed by atoms with van der Waals surface area (Å²) in [5.74, 6) is 0. The lowest BCUT2D eigenvalue weighted by Gasteiger charge is -2.41. The third kappa shape index (κ3) is 3.27. The molecule has 0 amide bonds. The van der Waals surface area contributed by atoms with E-state index in [1.54, 1.807) is 0 Å². The molecule has 1 atom stereocenters. The molecule has 2 heterocycles. The van der Waals surface area contributed by atoms with Crippen LogP contribution in [-0.2, 0) is 6.54 Å². The summed E-state index contributed by atoms with van der Waals surface area (Å²) in [4.78, 5) is 7.08. The number of nitrogens with one attached hydrogen (secondary N) is 1. The van der Waals surface area contributed by atoms with Crippen molar-refractivity contribution in [2.75, 3.05) is 19.6 Å². The van der Waals surface area contributed by atoms with Gasteiger partial charge in [-0.25, -0.2) is 0 Å². The summed E-state index contributed by atoms with van der Waals surface area (Å²) in [6.07, 6.45) is 1.17. The van der Waals surface area contributed by atoms with Gasteiger partial charge in [-0.15, -0.1) is 0 Å². The largest absolute Gasteiger partial charge is 0.309 e. The van der Waals surface area contributed by atoms with E-state index < -0.39 is 0 Å². The Morgan fingerprint density at radius 2 is 2.29 bits per heavy atom. The van der Waals surface area contributed by atoms with Crippen LogP contribution in [0.15, 0.2) is 18.2 Å². The zero-order valence-electron chi connectivity index (χ0n) is 11.2. The van der Waals surface area contributed by atoms with Gasteiger partial charge in [0.2, 0.25) is 0 Å². The molecule has 0 aromatic carbocycles. The third-order valence-electron chi connectivity index (χ3n) is 3.66. The van der Waals surface area contributed by atoms with Crippen LogP contribution in [0.2, 0.25) is 0 Å². The van der Waals surface area contributed by atoms with E-state index in [4.69, 9.17) is 0 Å². The summed E-state index contributed by atoms with van der Waals surface area (Å²) < 4.78 is 0. The highest BCUT2D eigenvalue weighted by atomic mass is 15.2. The van der Waals surface area contributed by atoms with E-state index in [0.717, 1.165) is 31.9 Å². The second-order valence-electron chi connectivity index (χ2n) is 5.32. The van der Waals surface area contributed by atoms with Crippen LogP contribution < -0.4 is 5.32 Å². The number of hydrogen-bond donors (Lipinski definition) is 1. The third-order valence-corrected chi connectivity index (χ3v) is 3.66. The Labute approximate surface area is 104 Å². The first kappa shape index (κ1) is 12.5. The van der Waals surface area contributed by atoms with Gasteiger partial charge in [-0.3, -0.25) is 9.88 Å². The zero-order valence-corrected chi connectivity index (χ0v) is 11.2. The van der Waals surface area contributed by atoms with Gasteiger partial charge in [-0.1, -0.05) is 13.0 Å². The lowest BCUT2D eigenvalue weighted by molar-refractivity contribution is 0.132. The van der Waals surface area contributed by atoms with Gasteiger partial charge in [-0.2, -0.15) is 0 Å². The SMILES string of the molecule is CCC1(C)CN(Cc2cccc(C)n2)CCN1. The fraction of sp³-hybridized carbons (Fsp3) is 0.643. The van der Waals surface area contributed by atoms with Crippen molar-refractivity contribution in [3.63, 3.8) is 0 Å². The molecule has 1 fully saturated rings. The standard InChI is InChI=1S/C14H23N3/c1-4-14(3)11-17(9-8-15-14)10-13-7-5-6-12(2)16-13/h5-7,15H,4,8-11H2,1-3H3. The number of pyridine rings is 1. The number of nitrogens with zero attached hydrogens (tertiary/aromatic N) is 2. The Hall–Kier alpha value is -0.930. The Kier molecular flexibility index (Phi) is 3.79. The Morgan fingerprint density at radius 3 is 3.00 bits per heavy atom. The maximum Gasteiger partial charge on any atom is 0.0547 e. The summed E-state index contributed by atoms with van der Waals surface area (Å²) in [6.45, 7) is 10.9. The van der Waals surface area contributed by atoms with Crippen LogP contribution in [0.4, 0.5) is 0 Å². The molecule has 1 aliphatic heterocycles. The lowest BCUT2D eigenvalue weighted by Crippen LogP contribution is -2.58. The van der Waals surface area contributed by atoms with E-state index in [9.17, 15) is 0 Å². The Balaban J connectivity index is 1.99. The first-order valence-electron chi connectivity index (χ1n) is 6.51. The minimum atomic E-state index is 0.266. The van der Waals surface area contributed by atoms with Crippen molar-refractivity contribution < 1.29 is 0 Å². The van der Waals surface area contributed by atoms with Gasteiger partial charge in [0.05, 0.1) is 5.69 Å². The van der Waals surface area contributed by atoms with Crippen LogP contribution in [-0.4, -0.2) is 35.1 Å². The van der Waals surface area contributed by atoms with Gasteiger partial charge < -0.3 is 5.32 Å². The normalized spacial score (nSPS) is 26.1. The molecule has 3 heteroatoms. The Morgan fingerprint density at radius 1 is 1.47 bits per heavy atom. The van der Waals surface area contributed by atoms with Crippen molar-refractivity contribution in [2.45, 2.75) is 39.3 Å². The lowest BCUT2D eigenvalue weighted by atomic mass is 9.96. The fourth-order valence-electron chi connectivity index (χ4n) is 2.43. The average Bonchev–Trinajstić information content (AvgIpc) is 2.29. The van der Waals surface area contributed by atoms with E-state index in [2.05, 4.69) is 54.2 Å². The average molecular weight is 233 g/mol. The van der Waals surface area contributed by atoms with Crippen LogP contribution in [0.1, 0.15) is 31.7 Å². The quantitative estimate of drug-likeness (QED) is 0.865. The van der Waals surface area contributed by atoms with Crippen molar-refractivity contribution in [2.24, 2.45) is 0 Å². The zero-order chi connectivity index (χ0) is 12.3. The molecular formula is C14H23N3. The van der Waals surface area contributed by atoms with Gasteiger partial charge in [0.25, 0.3) is 0 Å². The van der Waals surface area contributed by atoms with Gasteiger partial charge in [-0.05, 0) is 32.4 Å². The minimum Gasteiger partial charge on any atom is -0.309 e. The fourth-order valence-corrected chi connectivity index (χ4v) is 2.43. The first-order chi connectivity index (χ1) is 8.11. The summed E-state index contributed by atoms with van der Waals surface area (Å²) in [5, 5.41) is 3.61. The van der Waals surface area contributed by atoms with Crippen LogP contribution in [0, 0.1) is 6.92 Å². The van der Waals surface area contributed by atoms with Crippen molar-refractivity contribution in [3.8, 4) is 0 Å². The predicted molar refractivity (Wildman–Crippen MR) is 70.9 cm³/mol. The van der Waals surface area contributed by atoms with Crippen molar-refractivity contribution in [1.29, 1.82) is 0 Å². The molecule has 17 heavy (non-hydrogen) atoms. The molecule has 0 spiro atoms. The maximum atomic E-state index is 4.58. The van der Waals surface area contributed by atoms with Gasteiger partial charge in [0.1, 0.15) is 0 Å². The second kappa shape index (κ2) is 5.15. The molecule has 0 radical (unpaired) electrons. The van der Waals surface area contributed by atoms with Crippen LogP contribution >= 0.6 is 0 Å². The molecule has 1 unspecified atom stereocenters. The highest BCUT2D eigenvalue weighted by molar-refractivity contribution is 5.10. The molecule has 0 bridgehead atoms. The second-order valence-corrected chi connectivity index (χ2v) is 5.32. The highest BCUT2D eigenvalue weighted by Crippen LogP contribution is 2.16. The number of piperazine rings is 1. The van der Waals surface area contributed by atoms with Gasteiger partial charge >= 0.3 is 0 Å². The summed E-state index contributed by atoms with van der Waals surface area (Å²) in [5.41, 5.74) is 2.56. The maximum absolute atomic E-state index is 4.58. The van der Waals surface area contributed by atoms with Crippen molar-refractivity contribution in [3.05, 3.63) is 29.6 Å². The van der Waals surface area contributed by atoms with E-state index in [-0.39, 0.29) is 5.54 Å². The topological polar surface area (TPSA) is 28.2 Å². The highest BCUT2D eigenvalue weighted by Gasteiger charge is 2.28. The van der Waals surface area contributed by atoms with E-state index in [1.165, 1.54) is 12.1 Å². The molecule has 1 aromatic rings. The number of rotatable bonds is 3. The monoisotopic (exact) mass is 233 g/mol. The summed E-state index contributed by atoms with van der Waals surface area (Å²) in [7, 11) is 0. The smallest absolute Gasteiger partial charge is 0.0547 e. The molecule has 1 N–H and O–H groups in total. The first-order valence-corrected chi connectivity index (χ1v) is 6.51. The van der Waals surface area contributed by atoms with Gasteiger partial charge in [0.15, 0.2) is 0 Å². The van der Waals surface area contributed by atoms with Crippen LogP contribution in [0.3, 0.4) is 0 Å². The minimum absolute atomic E-state index is 0.266. The predicted octanol–water partition coefficient (Wildman–Crippen LogP) is 1.96. The van der Waals surface area contributed by atoms with E-state index in [0.29, 0.717) is 0 Å². The molecule has 0 aliphatic carbocycles. The molecule has 1 aromatic heterocycles. The molecule has 1 saturated heterocycles. The summed E-state index contributed by atoms with van der Waals surface area (Å²) in [6, 6.07) is 6.27. The van der Waals surface area contributed by atoms with Crippen LogP contribution in [0.5, 0.6) is 0 Å². The Bertz CT molecular complexity index is 377. The number of hydrogen-bond acceptors (Lipinski definition) is 3. The molecule has 2 rings (SSSR count). The molecule has 3 nitrogen and oxygen atoms in total. The van der Waals surface area contributed by atoms with E-state index >= 15 is 0 Å². The molecule has 1 aliphatic rings. The molecular weight excluding hydrogens is 210 g/mol. The van der Waals surface area contributed by atoms with E-state index in [1.807, 2.05) is 0 Å². The van der Waals surface area contributed by atoms with Crippen LogP contribution in [0.25, 0.3) is 0 Å². The number of aryl methyl sites for hydroxylation is 1. The van der Waals surface area contributed by atoms with Crippen molar-refractivity contribution in [1.82, 2.24) is 15.2 Å². The number of aromatic nitrogens is 1. The summed E-state index contributed by atoms with van der Waals surface area (Å²) >= 11 is 0. The molecule has 0 saturated carbocycles. The molecule has 94 valence electrons.